The molecule has 3 heteroatoms. The van der Waals surface area contributed by atoms with Crippen molar-refractivity contribution in [2.75, 3.05) is 26.2 Å². The van der Waals surface area contributed by atoms with Gasteiger partial charge in [0.05, 0.1) is 12.7 Å². The number of hydrogen-bond acceptors (Lipinski definition) is 3. The number of piperidine rings is 1. The van der Waals surface area contributed by atoms with Gasteiger partial charge >= 0.3 is 0 Å². The zero-order valence-electron chi connectivity index (χ0n) is 6.10. The van der Waals surface area contributed by atoms with Crippen molar-refractivity contribution in [2.45, 2.75) is 18.6 Å². The largest absolute Gasteiger partial charge is 0.374 e. The Morgan fingerprint density at radius 3 is 3.20 bits per heavy atom. The quantitative estimate of drug-likeness (QED) is 0.471. The van der Waals surface area contributed by atoms with Gasteiger partial charge in [0.25, 0.3) is 0 Å². The maximum Gasteiger partial charge on any atom is 0.0853 e. The molecular formula is C7H14N2O. The molecule has 0 aromatic heterocycles. The van der Waals surface area contributed by atoms with E-state index in [-0.39, 0.29) is 0 Å². The topological polar surface area (TPSA) is 33.3 Å². The minimum Gasteiger partial charge on any atom is -0.374 e. The number of rotatable bonds is 0. The molecule has 2 aliphatic rings. The smallest absolute Gasteiger partial charge is 0.0853 e. The highest BCUT2D eigenvalue weighted by atomic mass is 16.5. The van der Waals surface area contributed by atoms with Crippen LogP contribution >= 0.6 is 0 Å². The minimum atomic E-state index is 0.433. The molecule has 0 saturated carbocycles. The summed E-state index contributed by atoms with van der Waals surface area (Å²) >= 11 is 0. The predicted octanol–water partition coefficient (Wildman–Crippen LogP) is -0.663. The Bertz CT molecular complexity index is 92.2. The first kappa shape index (κ1) is 6.58. The molecule has 0 spiro atoms. The van der Waals surface area contributed by atoms with Crippen LogP contribution in [0.4, 0.5) is 0 Å². The average molecular weight is 142 g/mol. The van der Waals surface area contributed by atoms with Crippen molar-refractivity contribution in [3.05, 3.63) is 0 Å². The maximum absolute atomic E-state index is 5.56. The Hall–Kier alpha value is -0.120. The highest BCUT2D eigenvalue weighted by molar-refractivity contribution is 4.86. The fourth-order valence-electron chi connectivity index (χ4n) is 1.69. The molecular weight excluding hydrogens is 128 g/mol. The number of hydrogen-bond donors (Lipinski definition) is 2. The first-order valence-corrected chi connectivity index (χ1v) is 4.02. The highest BCUT2D eigenvalue weighted by Crippen LogP contribution is 2.10. The van der Waals surface area contributed by atoms with E-state index in [2.05, 4.69) is 10.6 Å². The second-order valence-corrected chi connectivity index (χ2v) is 2.96. The highest BCUT2D eigenvalue weighted by Gasteiger charge is 2.27. The number of morpholine rings is 1. The van der Waals surface area contributed by atoms with E-state index in [9.17, 15) is 0 Å². The summed E-state index contributed by atoms with van der Waals surface area (Å²) in [7, 11) is 0. The molecule has 0 aromatic rings. The lowest BCUT2D eigenvalue weighted by molar-refractivity contribution is -0.0152. The molecule has 2 aliphatic heterocycles. The van der Waals surface area contributed by atoms with Crippen LogP contribution in [0.25, 0.3) is 0 Å². The lowest BCUT2D eigenvalue weighted by atomic mass is 10.0. The van der Waals surface area contributed by atoms with Crippen LogP contribution < -0.4 is 10.6 Å². The summed E-state index contributed by atoms with van der Waals surface area (Å²) in [6.45, 7) is 4.07. The molecule has 3 nitrogen and oxygen atoms in total. The molecule has 2 saturated heterocycles. The van der Waals surface area contributed by atoms with Crippen LogP contribution in [0.2, 0.25) is 0 Å². The van der Waals surface area contributed by atoms with E-state index in [4.69, 9.17) is 4.74 Å². The molecule has 0 radical (unpaired) electrons. The van der Waals surface area contributed by atoms with Crippen molar-refractivity contribution in [3.63, 3.8) is 0 Å². The molecule has 0 aromatic carbocycles. The third-order valence-electron chi connectivity index (χ3n) is 2.27. The fraction of sp³-hybridized carbons (Fsp3) is 1.00. The first-order valence-electron chi connectivity index (χ1n) is 4.02. The van der Waals surface area contributed by atoms with Gasteiger partial charge in [-0.05, 0) is 13.0 Å². The van der Waals surface area contributed by atoms with E-state index < -0.39 is 0 Å². The van der Waals surface area contributed by atoms with Gasteiger partial charge in [0, 0.05) is 19.1 Å². The lowest BCUT2D eigenvalue weighted by Gasteiger charge is -2.36. The second kappa shape index (κ2) is 2.86. The Kier molecular flexibility index (Phi) is 1.88. The first-order chi connectivity index (χ1) is 4.97. The van der Waals surface area contributed by atoms with Crippen molar-refractivity contribution >= 4 is 0 Å². The Morgan fingerprint density at radius 1 is 1.30 bits per heavy atom. The van der Waals surface area contributed by atoms with Crippen molar-refractivity contribution in [3.8, 4) is 0 Å². The van der Waals surface area contributed by atoms with Crippen LogP contribution in [0.1, 0.15) is 6.42 Å². The summed E-state index contributed by atoms with van der Waals surface area (Å²) < 4.78 is 5.56. The van der Waals surface area contributed by atoms with E-state index in [1.165, 1.54) is 6.42 Å². The number of fused-ring (bicyclic) bond motifs is 1. The van der Waals surface area contributed by atoms with E-state index in [1.807, 2.05) is 0 Å². The van der Waals surface area contributed by atoms with Gasteiger partial charge in [-0.1, -0.05) is 0 Å². The van der Waals surface area contributed by atoms with Gasteiger partial charge in [-0.2, -0.15) is 0 Å². The maximum atomic E-state index is 5.56. The van der Waals surface area contributed by atoms with Gasteiger partial charge in [0.1, 0.15) is 0 Å². The average Bonchev–Trinajstić information content (AvgIpc) is 2.05. The van der Waals surface area contributed by atoms with Crippen molar-refractivity contribution in [1.29, 1.82) is 0 Å². The SMILES string of the molecule is C1C[C@@H]2NCCO[C@@H]2CN1. The van der Waals surface area contributed by atoms with E-state index in [0.717, 1.165) is 26.2 Å². The minimum absolute atomic E-state index is 0.433. The van der Waals surface area contributed by atoms with Crippen LogP contribution in [-0.4, -0.2) is 38.4 Å². The molecule has 2 rings (SSSR count). The summed E-state index contributed by atoms with van der Waals surface area (Å²) in [6, 6.07) is 0.620. The van der Waals surface area contributed by atoms with Gasteiger partial charge in [0.15, 0.2) is 0 Å². The van der Waals surface area contributed by atoms with Gasteiger partial charge in [0.2, 0.25) is 0 Å². The summed E-state index contributed by atoms with van der Waals surface area (Å²) in [5, 5.41) is 6.77. The lowest BCUT2D eigenvalue weighted by Crippen LogP contribution is -2.56. The van der Waals surface area contributed by atoms with Crippen LogP contribution in [0, 0.1) is 0 Å². The van der Waals surface area contributed by atoms with E-state index >= 15 is 0 Å². The Labute approximate surface area is 61.1 Å². The fourth-order valence-corrected chi connectivity index (χ4v) is 1.69. The summed E-state index contributed by atoms with van der Waals surface area (Å²) in [6.07, 6.45) is 1.65. The van der Waals surface area contributed by atoms with E-state index in [1.54, 1.807) is 0 Å². The van der Waals surface area contributed by atoms with Gasteiger partial charge in [-0.25, -0.2) is 0 Å². The third kappa shape index (κ3) is 1.17. The molecule has 0 unspecified atom stereocenters. The third-order valence-corrected chi connectivity index (χ3v) is 2.27. The summed E-state index contributed by atoms with van der Waals surface area (Å²) in [4.78, 5) is 0. The van der Waals surface area contributed by atoms with Crippen LogP contribution in [0.15, 0.2) is 0 Å². The zero-order chi connectivity index (χ0) is 6.81. The van der Waals surface area contributed by atoms with Crippen LogP contribution in [0.3, 0.4) is 0 Å². The standard InChI is InChI=1S/C7H14N2O/c1-2-8-5-7-6(1)9-3-4-10-7/h6-9H,1-5H2/t6-,7+/m0/s1. The number of ether oxygens (including phenoxy) is 1. The van der Waals surface area contributed by atoms with Crippen LogP contribution in [-0.2, 0) is 4.74 Å². The second-order valence-electron chi connectivity index (χ2n) is 2.96. The molecule has 58 valence electrons. The zero-order valence-corrected chi connectivity index (χ0v) is 6.10. The predicted molar refractivity (Wildman–Crippen MR) is 39.0 cm³/mol. The molecule has 0 bridgehead atoms. The number of nitrogens with one attached hydrogen (secondary N) is 2. The Morgan fingerprint density at radius 2 is 2.30 bits per heavy atom. The molecule has 2 N–H and O–H groups in total. The molecule has 0 amide bonds. The van der Waals surface area contributed by atoms with Gasteiger partial charge in [-0.15, -0.1) is 0 Å². The van der Waals surface area contributed by atoms with E-state index in [0.29, 0.717) is 12.1 Å². The van der Waals surface area contributed by atoms with Crippen molar-refractivity contribution in [1.82, 2.24) is 10.6 Å². The van der Waals surface area contributed by atoms with Gasteiger partial charge < -0.3 is 15.4 Å². The Balaban J connectivity index is 1.93. The van der Waals surface area contributed by atoms with Gasteiger partial charge in [-0.3, -0.25) is 0 Å². The molecule has 2 heterocycles. The molecule has 10 heavy (non-hydrogen) atoms. The van der Waals surface area contributed by atoms with Crippen LogP contribution in [0.5, 0.6) is 0 Å². The summed E-state index contributed by atoms with van der Waals surface area (Å²) in [5.41, 5.74) is 0. The normalized spacial score (nSPS) is 40.8. The van der Waals surface area contributed by atoms with Crippen molar-refractivity contribution in [2.24, 2.45) is 0 Å². The molecule has 0 aliphatic carbocycles. The summed E-state index contributed by atoms with van der Waals surface area (Å²) in [5.74, 6) is 0. The molecule has 2 fully saturated rings. The monoisotopic (exact) mass is 142 g/mol. The van der Waals surface area contributed by atoms with Crippen molar-refractivity contribution < 1.29 is 4.74 Å². The molecule has 2 atom stereocenters.